The first-order valence-electron chi connectivity index (χ1n) is 15.0. The summed E-state index contributed by atoms with van der Waals surface area (Å²) in [6.07, 6.45) is -3.71. The van der Waals surface area contributed by atoms with Crippen LogP contribution in [0.1, 0.15) is 67.2 Å². The number of hydrogen-bond donors (Lipinski definition) is 2. The molecule has 1 aromatic heterocycles. The van der Waals surface area contributed by atoms with Crippen molar-refractivity contribution in [3.8, 4) is 17.9 Å². The number of benzene rings is 1. The van der Waals surface area contributed by atoms with E-state index in [0.717, 1.165) is 44.0 Å². The van der Waals surface area contributed by atoms with Crippen LogP contribution in [0.3, 0.4) is 0 Å². The van der Waals surface area contributed by atoms with Crippen LogP contribution in [-0.4, -0.2) is 77.1 Å². The zero-order chi connectivity index (χ0) is 32.1. The fourth-order valence-electron chi connectivity index (χ4n) is 7.11. The molecule has 0 unspecified atom stereocenters. The molecular formula is C32H37F4N5O4. The van der Waals surface area contributed by atoms with Gasteiger partial charge in [-0.2, -0.15) is 23.1 Å². The number of β-amino-alcohol motifs (C(OH)–C–C–N with tert-alkyl or cyclic N) is 1. The number of aromatic nitrogens is 2. The Morgan fingerprint density at radius 3 is 2.84 bits per heavy atom. The van der Waals surface area contributed by atoms with Gasteiger partial charge in [-0.05, 0) is 45.7 Å². The molecule has 0 spiro atoms. The largest absolute Gasteiger partial charge is 0.461 e. The lowest BCUT2D eigenvalue weighted by atomic mass is 9.90. The van der Waals surface area contributed by atoms with Crippen LogP contribution in [0.2, 0.25) is 0 Å². The molecule has 0 aliphatic carbocycles. The summed E-state index contributed by atoms with van der Waals surface area (Å²) in [5.74, 6) is 4.10. The summed E-state index contributed by atoms with van der Waals surface area (Å²) in [5.41, 5.74) is 3.65. The first kappa shape index (κ1) is 31.5. The Bertz CT molecular complexity index is 1570. The molecule has 4 aliphatic heterocycles. The summed E-state index contributed by atoms with van der Waals surface area (Å²) in [7, 11) is 0. The molecule has 1 aromatic carbocycles. The fourth-order valence-corrected chi connectivity index (χ4v) is 7.11. The van der Waals surface area contributed by atoms with E-state index in [2.05, 4.69) is 28.3 Å². The molecule has 242 valence electrons. The molecule has 5 heterocycles. The van der Waals surface area contributed by atoms with Crippen LogP contribution >= 0.6 is 0 Å². The molecule has 3 N–H and O–H groups in total. The fraction of sp³-hybridized carbons (Fsp3) is 0.562. The highest BCUT2D eigenvalue weighted by Crippen LogP contribution is 2.45. The predicted octanol–water partition coefficient (Wildman–Crippen LogP) is 4.16. The molecule has 0 bridgehead atoms. The van der Waals surface area contributed by atoms with Gasteiger partial charge in [0, 0.05) is 36.2 Å². The predicted molar refractivity (Wildman–Crippen MR) is 158 cm³/mol. The molecule has 3 fully saturated rings. The minimum absolute atomic E-state index is 0.0505. The van der Waals surface area contributed by atoms with Crippen LogP contribution in [0.5, 0.6) is 6.01 Å². The van der Waals surface area contributed by atoms with Gasteiger partial charge < -0.3 is 30.0 Å². The van der Waals surface area contributed by atoms with Gasteiger partial charge in [-0.15, -0.1) is 5.92 Å². The highest BCUT2D eigenvalue weighted by atomic mass is 19.4. The lowest BCUT2D eigenvalue weighted by Gasteiger charge is -2.34. The summed E-state index contributed by atoms with van der Waals surface area (Å²) >= 11 is 0. The average molecular weight is 632 g/mol. The number of nitrogen functional groups attached to an aromatic ring is 1. The van der Waals surface area contributed by atoms with E-state index in [4.69, 9.17) is 24.9 Å². The summed E-state index contributed by atoms with van der Waals surface area (Å²) in [6, 6.07) is 0.951. The number of fused-ring (bicyclic) bond motifs is 2. The summed E-state index contributed by atoms with van der Waals surface area (Å²) in [5, 5.41) is 10.9. The second kappa shape index (κ2) is 11.7. The number of nitrogens with zero attached hydrogens (tertiary/aromatic N) is 4. The van der Waals surface area contributed by atoms with Gasteiger partial charge in [-0.1, -0.05) is 18.1 Å². The van der Waals surface area contributed by atoms with E-state index in [1.54, 1.807) is 6.92 Å². The number of ether oxygens (including phenoxy) is 3. The molecule has 2 aromatic rings. The Balaban J connectivity index is 1.41. The van der Waals surface area contributed by atoms with E-state index in [0.29, 0.717) is 36.8 Å². The monoisotopic (exact) mass is 631 g/mol. The quantitative estimate of drug-likeness (QED) is 0.218. The molecule has 13 heteroatoms. The zero-order valence-electron chi connectivity index (χ0n) is 25.4. The molecule has 3 atom stereocenters. The van der Waals surface area contributed by atoms with Crippen molar-refractivity contribution in [1.82, 2.24) is 14.9 Å². The number of aliphatic hydroxyl groups is 1. The van der Waals surface area contributed by atoms with Crippen molar-refractivity contribution < 1.29 is 36.9 Å². The van der Waals surface area contributed by atoms with Crippen molar-refractivity contribution >= 4 is 11.5 Å². The van der Waals surface area contributed by atoms with Gasteiger partial charge in [0.05, 0.1) is 55.0 Å². The van der Waals surface area contributed by atoms with Crippen LogP contribution in [0.4, 0.5) is 29.1 Å². The second-order valence-corrected chi connectivity index (χ2v) is 12.7. The van der Waals surface area contributed by atoms with E-state index >= 15 is 4.39 Å². The van der Waals surface area contributed by atoms with Crippen LogP contribution < -0.4 is 15.4 Å². The van der Waals surface area contributed by atoms with Crippen molar-refractivity contribution in [3.63, 3.8) is 0 Å². The van der Waals surface area contributed by atoms with E-state index in [-0.39, 0.29) is 37.7 Å². The number of rotatable bonds is 5. The number of anilines is 2. The second-order valence-electron chi connectivity index (χ2n) is 12.7. The van der Waals surface area contributed by atoms with Crippen molar-refractivity contribution in [1.29, 1.82) is 0 Å². The van der Waals surface area contributed by atoms with E-state index in [1.807, 2.05) is 4.90 Å². The normalized spacial score (nSPS) is 27.0. The Labute approximate surface area is 259 Å². The smallest absolute Gasteiger partial charge is 0.418 e. The Morgan fingerprint density at radius 2 is 2.09 bits per heavy atom. The van der Waals surface area contributed by atoms with Gasteiger partial charge in [0.2, 0.25) is 0 Å². The lowest BCUT2D eigenvalue weighted by molar-refractivity contribution is -0.140. The van der Waals surface area contributed by atoms with Crippen molar-refractivity contribution in [2.24, 2.45) is 0 Å². The van der Waals surface area contributed by atoms with Crippen molar-refractivity contribution in [2.75, 3.05) is 56.6 Å². The third-order valence-corrected chi connectivity index (χ3v) is 9.01. The van der Waals surface area contributed by atoms with Gasteiger partial charge in [-0.3, -0.25) is 4.90 Å². The number of halogens is 4. The van der Waals surface area contributed by atoms with Crippen LogP contribution in [0.15, 0.2) is 18.2 Å². The van der Waals surface area contributed by atoms with Gasteiger partial charge in [0.15, 0.2) is 5.82 Å². The molecular weight excluding hydrogens is 594 g/mol. The minimum Gasteiger partial charge on any atom is -0.461 e. The molecule has 6 rings (SSSR count). The maximum absolute atomic E-state index is 15.5. The maximum atomic E-state index is 15.5. The third-order valence-electron chi connectivity index (χ3n) is 9.01. The minimum atomic E-state index is -4.92. The van der Waals surface area contributed by atoms with Crippen molar-refractivity contribution in [3.05, 3.63) is 52.0 Å². The highest BCUT2D eigenvalue weighted by molar-refractivity contribution is 5.59. The Hall–Kier alpha value is -3.44. The lowest BCUT2D eigenvalue weighted by Crippen LogP contribution is -2.44. The maximum Gasteiger partial charge on any atom is 0.418 e. The molecule has 0 saturated carbocycles. The summed E-state index contributed by atoms with van der Waals surface area (Å²) < 4.78 is 76.7. The molecule has 0 amide bonds. The average Bonchev–Trinajstić information content (AvgIpc) is 3.42. The van der Waals surface area contributed by atoms with Crippen LogP contribution in [0.25, 0.3) is 0 Å². The van der Waals surface area contributed by atoms with Crippen LogP contribution in [0, 0.1) is 17.7 Å². The first-order chi connectivity index (χ1) is 21.3. The highest BCUT2D eigenvalue weighted by Gasteiger charge is 2.47. The number of alkyl halides is 3. The molecule has 3 saturated heterocycles. The first-order valence-corrected chi connectivity index (χ1v) is 15.0. The molecule has 45 heavy (non-hydrogen) atoms. The van der Waals surface area contributed by atoms with Gasteiger partial charge in [0.25, 0.3) is 0 Å². The number of nitrogens with two attached hydrogens (primary N) is 1. The standard InChI is InChI=1S/C32H37F4N5O4/c1-4-6-20-11-22(37)27(33)25(26(20)32(34,35)36)24-12-23-21(15-44-24)28(40-9-10-43-17-30(3,42)16-40)39-29(38-23)45-18-31-7-5-8-41(31)14-19(2)13-31/h11,24,42H,2,5,7-10,12-18,37H2,1,3H3/t24-,30-,31-/m0/s1. The van der Waals surface area contributed by atoms with Crippen molar-refractivity contribution in [2.45, 2.75) is 69.6 Å². The Morgan fingerprint density at radius 1 is 1.29 bits per heavy atom. The zero-order valence-corrected chi connectivity index (χ0v) is 25.4. The topological polar surface area (TPSA) is 106 Å². The van der Waals surface area contributed by atoms with E-state index in [1.165, 1.54) is 6.92 Å². The SMILES string of the molecule is C=C1CN2CCC[C@@]2(COc2nc3c(c(N4CCOC[C@@](C)(O)C4)n2)CO[C@H](c2c(F)c(N)cc(C#CC)c2C(F)(F)F)C3)C1. The molecule has 0 radical (unpaired) electrons. The molecule has 4 aliphatic rings. The van der Waals surface area contributed by atoms with Gasteiger partial charge >= 0.3 is 12.2 Å². The van der Waals surface area contributed by atoms with Crippen LogP contribution in [-0.2, 0) is 28.7 Å². The number of hydrogen-bond acceptors (Lipinski definition) is 9. The van der Waals surface area contributed by atoms with E-state index < -0.39 is 46.1 Å². The Kier molecular flexibility index (Phi) is 8.22. The summed E-state index contributed by atoms with van der Waals surface area (Å²) in [4.78, 5) is 13.6. The third kappa shape index (κ3) is 6.08. The van der Waals surface area contributed by atoms with Gasteiger partial charge in [0.1, 0.15) is 18.0 Å². The van der Waals surface area contributed by atoms with Gasteiger partial charge in [-0.25, -0.2) is 4.39 Å². The summed E-state index contributed by atoms with van der Waals surface area (Å²) in [6.45, 7) is 10.1. The van der Waals surface area contributed by atoms with E-state index in [9.17, 15) is 18.3 Å². The molecule has 9 nitrogen and oxygen atoms in total.